The second-order valence-corrected chi connectivity index (χ2v) is 9.65. The second kappa shape index (κ2) is 8.30. The average molecular weight is 512 g/mol. The van der Waals surface area contributed by atoms with Crippen LogP contribution in [0.5, 0.6) is 0 Å². The van der Waals surface area contributed by atoms with Crippen molar-refractivity contribution in [3.8, 4) is 0 Å². The highest BCUT2D eigenvalue weighted by atomic mass is 32.2. The number of aromatic nitrogens is 2. The first-order chi connectivity index (χ1) is 17.1. The van der Waals surface area contributed by atoms with E-state index in [9.17, 15) is 36.9 Å². The molecule has 182 valence electrons. The number of rotatable bonds is 6. The minimum absolute atomic E-state index is 0.194. The average Bonchev–Trinajstić information content (AvgIpc) is 3.32. The Morgan fingerprint density at radius 2 is 1.56 bits per heavy atom. The minimum atomic E-state index is -4.59. The summed E-state index contributed by atoms with van der Waals surface area (Å²) >= 11 is 0. The zero-order valence-corrected chi connectivity index (χ0v) is 18.9. The van der Waals surface area contributed by atoms with E-state index in [2.05, 4.69) is 4.98 Å². The Labute approximate surface area is 201 Å². The minimum Gasteiger partial charge on any atom is -0.274 e. The monoisotopic (exact) mass is 512 g/mol. The van der Waals surface area contributed by atoms with Gasteiger partial charge in [0.1, 0.15) is 5.82 Å². The molecule has 0 unspecified atom stereocenters. The van der Waals surface area contributed by atoms with Crippen LogP contribution in [-0.4, -0.2) is 45.6 Å². The third-order valence-corrected chi connectivity index (χ3v) is 7.46. The van der Waals surface area contributed by atoms with E-state index < -0.39 is 49.0 Å². The van der Waals surface area contributed by atoms with Crippen LogP contribution in [0.15, 0.2) is 65.6 Å². The maximum Gasteiger partial charge on any atom is 0.270 e. The van der Waals surface area contributed by atoms with Crippen LogP contribution in [0.25, 0.3) is 11.0 Å². The Morgan fingerprint density at radius 1 is 0.917 bits per heavy atom. The number of imide groups is 1. The molecule has 0 radical (unpaired) electrons. The van der Waals surface area contributed by atoms with Crippen molar-refractivity contribution in [2.75, 3.05) is 6.54 Å². The molecule has 0 atom stereocenters. The molecule has 5 rings (SSSR count). The first-order valence-electron chi connectivity index (χ1n) is 10.4. The number of benzene rings is 3. The third-order valence-electron chi connectivity index (χ3n) is 5.72. The summed E-state index contributed by atoms with van der Waals surface area (Å²) in [7, 11) is -4.59. The number of fused-ring (bicyclic) bond motifs is 2. The molecule has 1 aliphatic heterocycles. The van der Waals surface area contributed by atoms with Crippen molar-refractivity contribution in [1.82, 2.24) is 13.9 Å². The zero-order chi connectivity index (χ0) is 25.8. The summed E-state index contributed by atoms with van der Waals surface area (Å²) in [5.74, 6) is -3.96. The van der Waals surface area contributed by atoms with E-state index in [1.807, 2.05) is 0 Å². The quantitative estimate of drug-likeness (QED) is 0.220. The molecule has 10 nitrogen and oxygen atoms in total. The Hall–Kier alpha value is -4.52. The Bertz CT molecular complexity index is 1680. The predicted octanol–water partition coefficient (Wildman–Crippen LogP) is 3.30. The van der Waals surface area contributed by atoms with E-state index in [4.69, 9.17) is 0 Å². The van der Waals surface area contributed by atoms with Gasteiger partial charge in [0.25, 0.3) is 27.5 Å². The van der Waals surface area contributed by atoms with Crippen molar-refractivity contribution in [3.63, 3.8) is 0 Å². The van der Waals surface area contributed by atoms with Crippen LogP contribution in [0.1, 0.15) is 26.5 Å². The number of non-ortho nitro benzene ring substituents is 1. The number of hydrogen-bond acceptors (Lipinski definition) is 7. The van der Waals surface area contributed by atoms with Crippen LogP contribution < -0.4 is 0 Å². The Kier molecular flexibility index (Phi) is 5.36. The topological polar surface area (TPSA) is 132 Å². The summed E-state index contributed by atoms with van der Waals surface area (Å²) in [6, 6.07) is 11.8. The molecule has 2 amide bonds. The normalized spacial score (nSPS) is 13.4. The van der Waals surface area contributed by atoms with Crippen LogP contribution in [0.2, 0.25) is 0 Å². The number of nitro groups is 1. The largest absolute Gasteiger partial charge is 0.274 e. The van der Waals surface area contributed by atoms with Gasteiger partial charge in [-0.05, 0) is 18.2 Å². The van der Waals surface area contributed by atoms with E-state index in [0.29, 0.717) is 10.0 Å². The second-order valence-electron chi connectivity index (χ2n) is 7.86. The molecule has 36 heavy (non-hydrogen) atoms. The highest BCUT2D eigenvalue weighted by molar-refractivity contribution is 7.90. The lowest BCUT2D eigenvalue weighted by Crippen LogP contribution is -2.32. The SMILES string of the molecule is O=C1c2ccccc2C(=O)N1CCc1nc2cc(F)c(F)cc2n1S(=O)(=O)c1cccc([N+](=O)[O-])c1. The van der Waals surface area contributed by atoms with E-state index in [1.54, 1.807) is 12.1 Å². The number of carbonyl (C=O) groups is 2. The molecule has 0 spiro atoms. The smallest absolute Gasteiger partial charge is 0.270 e. The number of hydrogen-bond donors (Lipinski definition) is 0. The van der Waals surface area contributed by atoms with Gasteiger partial charge in [-0.25, -0.2) is 26.2 Å². The maximum atomic E-state index is 14.1. The van der Waals surface area contributed by atoms with Crippen LogP contribution in [0.3, 0.4) is 0 Å². The lowest BCUT2D eigenvalue weighted by atomic mass is 10.1. The third kappa shape index (κ3) is 3.60. The number of carbonyl (C=O) groups excluding carboxylic acids is 2. The molecule has 1 aliphatic rings. The van der Waals surface area contributed by atoms with Crippen molar-refractivity contribution >= 4 is 38.6 Å². The Balaban J connectivity index is 1.60. The van der Waals surface area contributed by atoms with Crippen LogP contribution in [-0.2, 0) is 16.4 Å². The summed E-state index contributed by atoms with van der Waals surface area (Å²) in [5, 5.41) is 11.2. The van der Waals surface area contributed by atoms with E-state index in [1.165, 1.54) is 18.2 Å². The van der Waals surface area contributed by atoms with Gasteiger partial charge in [0.05, 0.1) is 32.0 Å². The van der Waals surface area contributed by atoms with Crippen molar-refractivity contribution < 1.29 is 31.7 Å². The number of nitro benzene ring substituents is 1. The van der Waals surface area contributed by atoms with Crippen LogP contribution in [0.4, 0.5) is 14.5 Å². The molecule has 0 N–H and O–H groups in total. The van der Waals surface area contributed by atoms with Gasteiger partial charge < -0.3 is 0 Å². The molecule has 0 bridgehead atoms. The van der Waals surface area contributed by atoms with E-state index >= 15 is 0 Å². The zero-order valence-electron chi connectivity index (χ0n) is 18.1. The van der Waals surface area contributed by atoms with Crippen molar-refractivity contribution in [2.24, 2.45) is 0 Å². The maximum absolute atomic E-state index is 14.1. The fourth-order valence-electron chi connectivity index (χ4n) is 4.04. The summed E-state index contributed by atoms with van der Waals surface area (Å²) in [5.41, 5.74) is -0.600. The number of nitrogens with zero attached hydrogens (tertiary/aromatic N) is 4. The first kappa shape index (κ1) is 23.2. The van der Waals surface area contributed by atoms with E-state index in [-0.39, 0.29) is 41.0 Å². The molecular formula is C23H14F2N4O6S. The lowest BCUT2D eigenvalue weighted by molar-refractivity contribution is -0.385. The fraction of sp³-hybridized carbons (Fsp3) is 0.0870. The summed E-state index contributed by atoms with van der Waals surface area (Å²) < 4.78 is 55.7. The summed E-state index contributed by atoms with van der Waals surface area (Å²) in [6.45, 7) is -0.273. The molecule has 0 fully saturated rings. The van der Waals surface area contributed by atoms with Crippen LogP contribution >= 0.6 is 0 Å². The number of amides is 2. The van der Waals surface area contributed by atoms with Crippen LogP contribution in [0, 0.1) is 21.7 Å². The van der Waals surface area contributed by atoms with Crippen molar-refractivity contribution in [1.29, 1.82) is 0 Å². The van der Waals surface area contributed by atoms with E-state index in [0.717, 1.165) is 29.2 Å². The van der Waals surface area contributed by atoms with Gasteiger partial charge in [0.15, 0.2) is 11.6 Å². The Morgan fingerprint density at radius 3 is 2.19 bits per heavy atom. The fourth-order valence-corrected chi connectivity index (χ4v) is 5.59. The molecule has 1 aromatic heterocycles. The molecule has 0 aliphatic carbocycles. The van der Waals surface area contributed by atoms with Gasteiger partial charge in [0, 0.05) is 37.2 Å². The molecule has 2 heterocycles. The summed E-state index contributed by atoms with van der Waals surface area (Å²) in [6.07, 6.45) is -0.280. The van der Waals surface area contributed by atoms with Gasteiger partial charge in [-0.15, -0.1) is 0 Å². The van der Waals surface area contributed by atoms with Gasteiger partial charge >= 0.3 is 0 Å². The number of halogens is 2. The standard InChI is InChI=1S/C23H14F2N4O6S/c24-17-11-19-20(12-18(17)25)28(36(34,35)14-5-3-4-13(10-14)29(32)33)21(26-19)8-9-27-22(30)15-6-1-2-7-16(15)23(27)31/h1-7,10-12H,8-9H2. The molecular weight excluding hydrogens is 498 g/mol. The molecule has 13 heteroatoms. The van der Waals surface area contributed by atoms with Crippen molar-refractivity contribution in [2.45, 2.75) is 11.3 Å². The van der Waals surface area contributed by atoms with Gasteiger partial charge in [-0.2, -0.15) is 0 Å². The highest BCUT2D eigenvalue weighted by Crippen LogP contribution is 2.28. The lowest BCUT2D eigenvalue weighted by Gasteiger charge is -2.15. The molecule has 4 aromatic rings. The first-order valence-corrected chi connectivity index (χ1v) is 11.8. The predicted molar refractivity (Wildman–Crippen MR) is 121 cm³/mol. The molecule has 3 aromatic carbocycles. The highest BCUT2D eigenvalue weighted by Gasteiger charge is 2.35. The molecule has 0 saturated carbocycles. The van der Waals surface area contributed by atoms with Gasteiger partial charge in [-0.3, -0.25) is 24.6 Å². The summed E-state index contributed by atoms with van der Waals surface area (Å²) in [4.78, 5) is 40.3. The van der Waals surface area contributed by atoms with Gasteiger partial charge in [-0.1, -0.05) is 18.2 Å². The number of imidazole rings is 1. The van der Waals surface area contributed by atoms with Crippen molar-refractivity contribution in [3.05, 3.63) is 99.4 Å². The van der Waals surface area contributed by atoms with Gasteiger partial charge in [0.2, 0.25) is 0 Å². The molecule has 0 saturated heterocycles.